The average molecular weight is 169 g/mol. The molecule has 1 heterocycles. The fourth-order valence-electron chi connectivity index (χ4n) is 1.26. The zero-order valence-corrected chi connectivity index (χ0v) is 7.54. The first kappa shape index (κ1) is 9.10. The summed E-state index contributed by atoms with van der Waals surface area (Å²) in [6, 6.07) is 0.217. The van der Waals surface area contributed by atoms with Crippen LogP contribution < -0.4 is 5.32 Å². The molecular weight excluding hydrogens is 154 g/mol. The molecule has 0 spiro atoms. The third-order valence-electron chi connectivity index (χ3n) is 2.12. The van der Waals surface area contributed by atoms with Crippen LogP contribution in [0.25, 0.3) is 0 Å². The summed E-state index contributed by atoms with van der Waals surface area (Å²) in [6.07, 6.45) is 2.05. The van der Waals surface area contributed by atoms with Crippen molar-refractivity contribution in [1.29, 1.82) is 0 Å². The fourth-order valence-corrected chi connectivity index (χ4v) is 1.26. The SMILES string of the molecule is C=CC1CC(C(C)C)NC(=O)O1. The summed E-state index contributed by atoms with van der Waals surface area (Å²) >= 11 is 0. The van der Waals surface area contributed by atoms with Crippen molar-refractivity contribution < 1.29 is 9.53 Å². The second-order valence-electron chi connectivity index (χ2n) is 3.41. The summed E-state index contributed by atoms with van der Waals surface area (Å²) in [7, 11) is 0. The van der Waals surface area contributed by atoms with Crippen molar-refractivity contribution >= 4 is 6.09 Å². The highest BCUT2D eigenvalue weighted by molar-refractivity contribution is 5.68. The lowest BCUT2D eigenvalue weighted by molar-refractivity contribution is 0.0744. The number of cyclic esters (lactones) is 1. The maximum Gasteiger partial charge on any atom is 0.407 e. The van der Waals surface area contributed by atoms with Crippen LogP contribution in [0, 0.1) is 5.92 Å². The number of hydrogen-bond donors (Lipinski definition) is 1. The van der Waals surface area contributed by atoms with Gasteiger partial charge in [0.2, 0.25) is 0 Å². The summed E-state index contributed by atoms with van der Waals surface area (Å²) in [5.74, 6) is 0.445. The smallest absolute Gasteiger partial charge is 0.407 e. The highest BCUT2D eigenvalue weighted by atomic mass is 16.6. The molecule has 0 aromatic carbocycles. The first-order valence-corrected chi connectivity index (χ1v) is 4.23. The number of ether oxygens (including phenoxy) is 1. The molecule has 3 heteroatoms. The number of carbonyl (C=O) groups is 1. The molecule has 0 bridgehead atoms. The Bertz CT molecular complexity index is 189. The van der Waals surface area contributed by atoms with E-state index in [0.717, 1.165) is 6.42 Å². The molecule has 0 saturated carbocycles. The molecule has 2 atom stereocenters. The van der Waals surface area contributed by atoms with Gasteiger partial charge in [0.15, 0.2) is 0 Å². The van der Waals surface area contributed by atoms with Crippen LogP contribution >= 0.6 is 0 Å². The van der Waals surface area contributed by atoms with Gasteiger partial charge in [0.05, 0.1) is 0 Å². The first-order chi connectivity index (χ1) is 5.63. The summed E-state index contributed by atoms with van der Waals surface area (Å²) in [5.41, 5.74) is 0. The molecule has 1 aliphatic rings. The van der Waals surface area contributed by atoms with Gasteiger partial charge in [-0.25, -0.2) is 4.79 Å². The molecule has 12 heavy (non-hydrogen) atoms. The minimum Gasteiger partial charge on any atom is -0.442 e. The lowest BCUT2D eigenvalue weighted by atomic mass is 9.97. The molecule has 1 aliphatic heterocycles. The molecule has 0 aromatic heterocycles. The highest BCUT2D eigenvalue weighted by Gasteiger charge is 2.27. The molecule has 1 N–H and O–H groups in total. The van der Waals surface area contributed by atoms with Crippen LogP contribution in [0.5, 0.6) is 0 Å². The fraction of sp³-hybridized carbons (Fsp3) is 0.667. The lowest BCUT2D eigenvalue weighted by Gasteiger charge is -2.30. The Morgan fingerprint density at radius 3 is 2.92 bits per heavy atom. The standard InChI is InChI=1S/C9H15NO2/c1-4-7-5-8(6(2)3)10-9(11)12-7/h4,6-8H,1,5H2,2-3H3,(H,10,11). The van der Waals surface area contributed by atoms with Gasteiger partial charge in [-0.3, -0.25) is 0 Å². The summed E-state index contributed by atoms with van der Waals surface area (Å²) in [5, 5.41) is 2.77. The Morgan fingerprint density at radius 2 is 2.42 bits per heavy atom. The van der Waals surface area contributed by atoms with Crippen molar-refractivity contribution in [3.05, 3.63) is 12.7 Å². The number of rotatable bonds is 2. The number of alkyl carbamates (subject to hydrolysis) is 1. The monoisotopic (exact) mass is 169 g/mol. The predicted octanol–water partition coefficient (Wildman–Crippen LogP) is 1.70. The minimum absolute atomic E-state index is 0.119. The second kappa shape index (κ2) is 3.61. The van der Waals surface area contributed by atoms with Gasteiger partial charge in [-0.15, -0.1) is 0 Å². The van der Waals surface area contributed by atoms with E-state index < -0.39 is 0 Å². The molecule has 1 amide bonds. The third-order valence-corrected chi connectivity index (χ3v) is 2.12. The van der Waals surface area contributed by atoms with Crippen molar-refractivity contribution in [2.45, 2.75) is 32.4 Å². The largest absolute Gasteiger partial charge is 0.442 e. The van der Waals surface area contributed by atoms with Crippen molar-refractivity contribution in [2.24, 2.45) is 5.92 Å². The quantitative estimate of drug-likeness (QED) is 0.639. The van der Waals surface area contributed by atoms with Crippen molar-refractivity contribution in [3.8, 4) is 0 Å². The molecule has 1 rings (SSSR count). The van der Waals surface area contributed by atoms with E-state index >= 15 is 0 Å². The van der Waals surface area contributed by atoms with Gasteiger partial charge in [0, 0.05) is 12.5 Å². The molecular formula is C9H15NO2. The van der Waals surface area contributed by atoms with Crippen LogP contribution in [0.4, 0.5) is 4.79 Å². The van der Waals surface area contributed by atoms with Crippen LogP contribution in [0.15, 0.2) is 12.7 Å². The van der Waals surface area contributed by atoms with Gasteiger partial charge < -0.3 is 10.1 Å². The summed E-state index contributed by atoms with van der Waals surface area (Å²) < 4.78 is 4.95. The van der Waals surface area contributed by atoms with Gasteiger partial charge in [-0.1, -0.05) is 26.5 Å². The molecule has 1 fully saturated rings. The second-order valence-corrected chi connectivity index (χ2v) is 3.41. The first-order valence-electron chi connectivity index (χ1n) is 4.23. The normalized spacial score (nSPS) is 29.4. The third kappa shape index (κ3) is 2.00. The maximum atomic E-state index is 11.0. The van der Waals surface area contributed by atoms with E-state index in [-0.39, 0.29) is 18.2 Å². The van der Waals surface area contributed by atoms with Crippen molar-refractivity contribution in [1.82, 2.24) is 5.32 Å². The molecule has 0 aliphatic carbocycles. The van der Waals surface area contributed by atoms with E-state index in [1.54, 1.807) is 6.08 Å². The zero-order chi connectivity index (χ0) is 9.14. The molecule has 0 radical (unpaired) electrons. The van der Waals surface area contributed by atoms with Gasteiger partial charge >= 0.3 is 6.09 Å². The van der Waals surface area contributed by atoms with Crippen LogP contribution in [0.1, 0.15) is 20.3 Å². The molecule has 2 unspecified atom stereocenters. The average Bonchev–Trinajstić information content (AvgIpc) is 2.03. The van der Waals surface area contributed by atoms with E-state index in [1.165, 1.54) is 0 Å². The highest BCUT2D eigenvalue weighted by Crippen LogP contribution is 2.16. The number of nitrogens with one attached hydrogen (secondary N) is 1. The number of hydrogen-bond acceptors (Lipinski definition) is 2. The molecule has 3 nitrogen and oxygen atoms in total. The molecule has 68 valence electrons. The van der Waals surface area contributed by atoms with Crippen LogP contribution in [-0.4, -0.2) is 18.2 Å². The zero-order valence-electron chi connectivity index (χ0n) is 7.54. The van der Waals surface area contributed by atoms with Gasteiger partial charge in [0.1, 0.15) is 6.10 Å². The van der Waals surface area contributed by atoms with Gasteiger partial charge in [-0.2, -0.15) is 0 Å². The van der Waals surface area contributed by atoms with Crippen LogP contribution in [-0.2, 0) is 4.74 Å². The Balaban J connectivity index is 2.56. The van der Waals surface area contributed by atoms with Gasteiger partial charge in [0.25, 0.3) is 0 Å². The lowest BCUT2D eigenvalue weighted by Crippen LogP contribution is -2.47. The Kier molecular flexibility index (Phi) is 2.74. The van der Waals surface area contributed by atoms with E-state index in [0.29, 0.717) is 5.92 Å². The maximum absolute atomic E-state index is 11.0. The van der Waals surface area contributed by atoms with E-state index in [9.17, 15) is 4.79 Å². The summed E-state index contributed by atoms with van der Waals surface area (Å²) in [6.45, 7) is 7.77. The molecule has 1 saturated heterocycles. The van der Waals surface area contributed by atoms with E-state index in [4.69, 9.17) is 4.74 Å². The topological polar surface area (TPSA) is 38.3 Å². The van der Waals surface area contributed by atoms with Gasteiger partial charge in [-0.05, 0) is 5.92 Å². The number of amides is 1. The van der Waals surface area contributed by atoms with E-state index in [1.807, 2.05) is 0 Å². The van der Waals surface area contributed by atoms with E-state index in [2.05, 4.69) is 25.7 Å². The van der Waals surface area contributed by atoms with Crippen LogP contribution in [0.3, 0.4) is 0 Å². The van der Waals surface area contributed by atoms with Crippen LogP contribution in [0.2, 0.25) is 0 Å². The van der Waals surface area contributed by atoms with Crippen molar-refractivity contribution in [2.75, 3.05) is 0 Å². The molecule has 0 aromatic rings. The number of carbonyl (C=O) groups excluding carboxylic acids is 1. The Labute approximate surface area is 72.8 Å². The minimum atomic E-state index is -0.329. The van der Waals surface area contributed by atoms with Crippen molar-refractivity contribution in [3.63, 3.8) is 0 Å². The predicted molar refractivity (Wildman–Crippen MR) is 46.8 cm³/mol. The Hall–Kier alpha value is -0.990. The Morgan fingerprint density at radius 1 is 1.75 bits per heavy atom. The summed E-state index contributed by atoms with van der Waals surface area (Å²) in [4.78, 5) is 11.0.